The van der Waals surface area contributed by atoms with Crippen molar-refractivity contribution in [3.8, 4) is 0 Å². The van der Waals surface area contributed by atoms with Gasteiger partial charge in [-0.2, -0.15) is 0 Å². The average molecular weight is 253 g/mol. The largest absolute Gasteiger partial charge is 0.376 e. The minimum Gasteiger partial charge on any atom is -0.376 e. The Morgan fingerprint density at radius 2 is 2.11 bits per heavy atom. The molecule has 3 rings (SSSR count). The second kappa shape index (κ2) is 4.28. The van der Waals surface area contributed by atoms with Gasteiger partial charge in [-0.25, -0.2) is 8.78 Å². The van der Waals surface area contributed by atoms with Crippen LogP contribution in [0.3, 0.4) is 0 Å². The van der Waals surface area contributed by atoms with Crippen molar-refractivity contribution in [2.24, 2.45) is 11.7 Å². The molecule has 1 saturated carbocycles. The van der Waals surface area contributed by atoms with Crippen LogP contribution < -0.4 is 5.73 Å². The molecule has 0 aromatic heterocycles. The Kier molecular flexibility index (Phi) is 2.87. The second-order valence-corrected chi connectivity index (χ2v) is 5.52. The predicted octanol–water partition coefficient (Wildman–Crippen LogP) is 2.40. The summed E-state index contributed by atoms with van der Waals surface area (Å²) in [4.78, 5) is 0. The lowest BCUT2D eigenvalue weighted by atomic mass is 9.83. The Labute approximate surface area is 105 Å². The van der Waals surface area contributed by atoms with Crippen molar-refractivity contribution in [1.29, 1.82) is 0 Å². The molecule has 1 aliphatic heterocycles. The maximum Gasteiger partial charge on any atom is 0.126 e. The van der Waals surface area contributed by atoms with Gasteiger partial charge in [0.25, 0.3) is 0 Å². The van der Waals surface area contributed by atoms with E-state index in [4.69, 9.17) is 10.5 Å². The predicted molar refractivity (Wildman–Crippen MR) is 64.1 cm³/mol. The molecule has 2 fully saturated rings. The maximum absolute atomic E-state index is 13.7. The molecule has 4 heteroatoms. The number of ether oxygens (including phenoxy) is 1. The van der Waals surface area contributed by atoms with Crippen molar-refractivity contribution in [3.05, 3.63) is 35.4 Å². The topological polar surface area (TPSA) is 35.2 Å². The first kappa shape index (κ1) is 12.1. The van der Waals surface area contributed by atoms with Crippen LogP contribution in [0, 0.1) is 17.6 Å². The summed E-state index contributed by atoms with van der Waals surface area (Å²) in [6.45, 7) is 0.620. The SMILES string of the molecule is NC1(Cc2cc(F)ccc2F)CCOC1C1CC1. The highest BCUT2D eigenvalue weighted by Gasteiger charge is 2.48. The molecule has 1 saturated heterocycles. The first-order valence-electron chi connectivity index (χ1n) is 6.43. The zero-order valence-corrected chi connectivity index (χ0v) is 10.2. The van der Waals surface area contributed by atoms with Gasteiger partial charge in [0.1, 0.15) is 11.6 Å². The summed E-state index contributed by atoms with van der Waals surface area (Å²) >= 11 is 0. The zero-order chi connectivity index (χ0) is 12.8. The van der Waals surface area contributed by atoms with Gasteiger partial charge in [0.2, 0.25) is 0 Å². The number of benzene rings is 1. The van der Waals surface area contributed by atoms with E-state index in [-0.39, 0.29) is 11.9 Å². The van der Waals surface area contributed by atoms with E-state index in [0.717, 1.165) is 25.0 Å². The third-order valence-electron chi connectivity index (χ3n) is 4.01. The number of halogens is 2. The molecule has 1 aliphatic carbocycles. The van der Waals surface area contributed by atoms with Gasteiger partial charge in [-0.3, -0.25) is 0 Å². The van der Waals surface area contributed by atoms with Crippen LogP contribution in [0.25, 0.3) is 0 Å². The van der Waals surface area contributed by atoms with Gasteiger partial charge in [-0.15, -0.1) is 0 Å². The van der Waals surface area contributed by atoms with E-state index in [9.17, 15) is 8.78 Å². The molecular formula is C14H17F2NO. The minimum atomic E-state index is -0.546. The van der Waals surface area contributed by atoms with Crippen LogP contribution in [-0.2, 0) is 11.2 Å². The van der Waals surface area contributed by atoms with Crippen LogP contribution in [0.5, 0.6) is 0 Å². The Balaban J connectivity index is 1.83. The quantitative estimate of drug-likeness (QED) is 0.897. The van der Waals surface area contributed by atoms with Crippen LogP contribution >= 0.6 is 0 Å². The molecule has 2 N–H and O–H groups in total. The Hall–Kier alpha value is -1.00. The summed E-state index contributed by atoms with van der Waals surface area (Å²) in [5.41, 5.74) is 6.19. The number of rotatable bonds is 3. The lowest BCUT2D eigenvalue weighted by molar-refractivity contribution is 0.0624. The lowest BCUT2D eigenvalue weighted by Gasteiger charge is -2.30. The van der Waals surface area contributed by atoms with Gasteiger partial charge in [-0.05, 0) is 55.4 Å². The Bertz CT molecular complexity index is 461. The molecule has 98 valence electrons. The first-order chi connectivity index (χ1) is 8.58. The fourth-order valence-corrected chi connectivity index (χ4v) is 2.91. The summed E-state index contributed by atoms with van der Waals surface area (Å²) in [5.74, 6) is -0.298. The van der Waals surface area contributed by atoms with Gasteiger partial charge in [0.05, 0.1) is 6.10 Å². The Morgan fingerprint density at radius 1 is 1.33 bits per heavy atom. The molecule has 0 amide bonds. The van der Waals surface area contributed by atoms with Gasteiger partial charge < -0.3 is 10.5 Å². The van der Waals surface area contributed by atoms with Gasteiger partial charge in [0, 0.05) is 12.1 Å². The van der Waals surface area contributed by atoms with E-state index in [0.29, 0.717) is 30.9 Å². The van der Waals surface area contributed by atoms with Crippen molar-refractivity contribution in [2.75, 3.05) is 6.61 Å². The molecule has 2 aliphatic rings. The van der Waals surface area contributed by atoms with Gasteiger partial charge in [-0.1, -0.05) is 0 Å². The highest BCUT2D eigenvalue weighted by Crippen LogP contribution is 2.43. The summed E-state index contributed by atoms with van der Waals surface area (Å²) in [5, 5.41) is 0. The highest BCUT2D eigenvalue weighted by atomic mass is 19.1. The van der Waals surface area contributed by atoms with Crippen LogP contribution in [0.4, 0.5) is 8.78 Å². The highest BCUT2D eigenvalue weighted by molar-refractivity contribution is 5.23. The van der Waals surface area contributed by atoms with Gasteiger partial charge in [0.15, 0.2) is 0 Å². The van der Waals surface area contributed by atoms with Crippen molar-refractivity contribution >= 4 is 0 Å². The fourth-order valence-electron chi connectivity index (χ4n) is 2.91. The average Bonchev–Trinajstić information content (AvgIpc) is 3.08. The van der Waals surface area contributed by atoms with Crippen molar-refractivity contribution < 1.29 is 13.5 Å². The molecule has 2 nitrogen and oxygen atoms in total. The molecular weight excluding hydrogens is 236 g/mol. The van der Waals surface area contributed by atoms with Crippen molar-refractivity contribution in [2.45, 2.75) is 37.3 Å². The van der Waals surface area contributed by atoms with E-state index in [1.54, 1.807) is 0 Å². The molecule has 1 aromatic rings. The molecule has 0 radical (unpaired) electrons. The van der Waals surface area contributed by atoms with Crippen LogP contribution in [-0.4, -0.2) is 18.2 Å². The van der Waals surface area contributed by atoms with Crippen molar-refractivity contribution in [1.82, 2.24) is 0 Å². The number of nitrogens with two attached hydrogens (primary N) is 1. The minimum absolute atomic E-state index is 0.000155. The maximum atomic E-state index is 13.7. The summed E-state index contributed by atoms with van der Waals surface area (Å²) in [6.07, 6.45) is 3.33. The molecule has 1 aromatic carbocycles. The van der Waals surface area contributed by atoms with Crippen molar-refractivity contribution in [3.63, 3.8) is 0 Å². The van der Waals surface area contributed by atoms with E-state index in [2.05, 4.69) is 0 Å². The normalized spacial score (nSPS) is 31.8. The standard InChI is InChI=1S/C14H17F2NO/c15-11-3-4-12(16)10(7-11)8-14(17)5-6-18-13(14)9-1-2-9/h3-4,7,9,13H,1-2,5-6,8,17H2. The monoisotopic (exact) mass is 253 g/mol. The number of hydrogen-bond acceptors (Lipinski definition) is 2. The summed E-state index contributed by atoms with van der Waals surface area (Å²) < 4.78 is 32.5. The first-order valence-corrected chi connectivity index (χ1v) is 6.43. The van der Waals surface area contributed by atoms with Crippen LogP contribution in [0.2, 0.25) is 0 Å². The van der Waals surface area contributed by atoms with Crippen LogP contribution in [0.1, 0.15) is 24.8 Å². The van der Waals surface area contributed by atoms with E-state index in [1.807, 2.05) is 0 Å². The Morgan fingerprint density at radius 3 is 2.83 bits per heavy atom. The molecule has 0 bridgehead atoms. The molecule has 2 atom stereocenters. The third-order valence-corrected chi connectivity index (χ3v) is 4.01. The molecule has 18 heavy (non-hydrogen) atoms. The smallest absolute Gasteiger partial charge is 0.126 e. The van der Waals surface area contributed by atoms with Crippen LogP contribution in [0.15, 0.2) is 18.2 Å². The molecule has 2 unspecified atom stereocenters. The fraction of sp³-hybridized carbons (Fsp3) is 0.571. The zero-order valence-electron chi connectivity index (χ0n) is 10.2. The summed E-state index contributed by atoms with van der Waals surface area (Å²) in [6, 6.07) is 3.54. The van der Waals surface area contributed by atoms with E-state index >= 15 is 0 Å². The number of hydrogen-bond donors (Lipinski definition) is 1. The van der Waals surface area contributed by atoms with E-state index in [1.165, 1.54) is 6.07 Å². The van der Waals surface area contributed by atoms with Gasteiger partial charge >= 0.3 is 0 Å². The second-order valence-electron chi connectivity index (χ2n) is 5.52. The molecule has 0 spiro atoms. The van der Waals surface area contributed by atoms with E-state index < -0.39 is 11.4 Å². The third kappa shape index (κ3) is 2.15. The molecule has 1 heterocycles. The lowest BCUT2D eigenvalue weighted by Crippen LogP contribution is -2.50. The summed E-state index contributed by atoms with van der Waals surface area (Å²) in [7, 11) is 0.